The molecule has 100 valence electrons. The van der Waals surface area contributed by atoms with Crippen LogP contribution in [0.1, 0.15) is 24.2 Å². The maximum Gasteiger partial charge on any atom is 0.119 e. The summed E-state index contributed by atoms with van der Waals surface area (Å²) in [6.07, 6.45) is 2.17. The topological polar surface area (TPSA) is 17.4 Å². The molecule has 1 aliphatic rings. The molecule has 0 saturated heterocycles. The van der Waals surface area contributed by atoms with Gasteiger partial charge in [-0.25, -0.2) is 0 Å². The van der Waals surface area contributed by atoms with Gasteiger partial charge in [0.2, 0.25) is 0 Å². The third-order valence-corrected chi connectivity index (χ3v) is 3.79. The van der Waals surface area contributed by atoms with Gasteiger partial charge in [-0.05, 0) is 43.8 Å². The molecular formula is C16H20N2O. The van der Waals surface area contributed by atoms with E-state index in [0.717, 1.165) is 18.8 Å². The van der Waals surface area contributed by atoms with Crippen molar-refractivity contribution in [2.24, 2.45) is 0 Å². The van der Waals surface area contributed by atoms with E-state index in [2.05, 4.69) is 59.1 Å². The van der Waals surface area contributed by atoms with Crippen LogP contribution < -0.4 is 4.74 Å². The first kappa shape index (κ1) is 12.3. The normalized spacial score (nSPS) is 19.2. The van der Waals surface area contributed by atoms with E-state index in [1.165, 1.54) is 11.3 Å². The number of fused-ring (bicyclic) bond motifs is 1. The van der Waals surface area contributed by atoms with Crippen LogP contribution in [-0.4, -0.2) is 29.7 Å². The summed E-state index contributed by atoms with van der Waals surface area (Å²) in [5.41, 5.74) is 2.70. The van der Waals surface area contributed by atoms with Crippen molar-refractivity contribution < 1.29 is 4.74 Å². The lowest BCUT2D eigenvalue weighted by atomic mass is 10.0. The Labute approximate surface area is 114 Å². The zero-order valence-corrected chi connectivity index (χ0v) is 11.5. The molecule has 19 heavy (non-hydrogen) atoms. The Morgan fingerprint density at radius 2 is 1.95 bits per heavy atom. The predicted octanol–water partition coefficient (Wildman–Crippen LogP) is 2.92. The predicted molar refractivity (Wildman–Crippen MR) is 76.5 cm³/mol. The Morgan fingerprint density at radius 3 is 2.68 bits per heavy atom. The van der Waals surface area contributed by atoms with Crippen LogP contribution in [0.4, 0.5) is 0 Å². The van der Waals surface area contributed by atoms with Gasteiger partial charge in [0.15, 0.2) is 0 Å². The second-order valence-corrected chi connectivity index (χ2v) is 5.01. The van der Waals surface area contributed by atoms with Gasteiger partial charge in [0.1, 0.15) is 5.75 Å². The zero-order valence-electron chi connectivity index (χ0n) is 11.5. The van der Waals surface area contributed by atoms with Crippen molar-refractivity contribution in [3.05, 3.63) is 53.9 Å². The number of hydrogen-bond donors (Lipinski definition) is 0. The Hall–Kier alpha value is -1.74. The summed E-state index contributed by atoms with van der Waals surface area (Å²) < 4.78 is 7.86. The number of nitrogens with zero attached hydrogens (tertiary/aromatic N) is 2. The van der Waals surface area contributed by atoms with Crippen molar-refractivity contribution >= 4 is 0 Å². The minimum atomic E-state index is 0.347. The van der Waals surface area contributed by atoms with E-state index in [-0.39, 0.29) is 0 Å². The molecule has 0 N–H and O–H groups in total. The quantitative estimate of drug-likeness (QED) is 0.840. The first-order chi connectivity index (χ1) is 9.29. The fraction of sp³-hybridized carbons (Fsp3) is 0.375. The van der Waals surface area contributed by atoms with Crippen molar-refractivity contribution in [3.63, 3.8) is 0 Å². The van der Waals surface area contributed by atoms with Crippen LogP contribution >= 0.6 is 0 Å². The number of rotatable bonds is 3. The molecule has 3 nitrogen and oxygen atoms in total. The standard InChI is InChI=1S/C16H20N2O/c1-3-19-14-8-6-13(7-9-14)16-15-5-4-10-18(15)12-11-17(16)2/h4-10,16H,3,11-12H2,1-2H3. The van der Waals surface area contributed by atoms with Gasteiger partial charge in [0.25, 0.3) is 0 Å². The van der Waals surface area contributed by atoms with E-state index >= 15 is 0 Å². The lowest BCUT2D eigenvalue weighted by Gasteiger charge is -2.34. The lowest BCUT2D eigenvalue weighted by molar-refractivity contribution is 0.226. The minimum Gasteiger partial charge on any atom is -0.494 e. The molecule has 0 aliphatic carbocycles. The molecule has 1 aliphatic heterocycles. The fourth-order valence-corrected chi connectivity index (χ4v) is 2.84. The lowest BCUT2D eigenvalue weighted by Crippen LogP contribution is -2.35. The molecule has 3 heteroatoms. The summed E-state index contributed by atoms with van der Waals surface area (Å²) in [6, 6.07) is 13.2. The highest BCUT2D eigenvalue weighted by atomic mass is 16.5. The van der Waals surface area contributed by atoms with Crippen LogP contribution in [0.3, 0.4) is 0 Å². The van der Waals surface area contributed by atoms with Gasteiger partial charge in [0, 0.05) is 25.0 Å². The largest absolute Gasteiger partial charge is 0.494 e. The number of aromatic nitrogens is 1. The van der Waals surface area contributed by atoms with E-state index in [1.807, 2.05) is 6.92 Å². The first-order valence-electron chi connectivity index (χ1n) is 6.87. The molecule has 0 radical (unpaired) electrons. The number of ether oxygens (including phenoxy) is 1. The van der Waals surface area contributed by atoms with Crippen LogP contribution in [0.25, 0.3) is 0 Å². The van der Waals surface area contributed by atoms with Gasteiger partial charge >= 0.3 is 0 Å². The second kappa shape index (κ2) is 5.10. The summed E-state index contributed by atoms with van der Waals surface area (Å²) >= 11 is 0. The number of likely N-dealkylation sites (N-methyl/N-ethyl adjacent to an activating group) is 1. The molecule has 1 unspecified atom stereocenters. The van der Waals surface area contributed by atoms with E-state index in [0.29, 0.717) is 12.6 Å². The minimum absolute atomic E-state index is 0.347. The molecule has 1 aromatic heterocycles. The zero-order chi connectivity index (χ0) is 13.2. The molecule has 0 fully saturated rings. The maximum absolute atomic E-state index is 5.51. The summed E-state index contributed by atoms with van der Waals surface area (Å²) in [6.45, 7) is 4.88. The van der Waals surface area contributed by atoms with E-state index in [1.54, 1.807) is 0 Å². The van der Waals surface area contributed by atoms with Gasteiger partial charge in [-0.3, -0.25) is 4.90 Å². The van der Waals surface area contributed by atoms with Crippen molar-refractivity contribution in [1.82, 2.24) is 9.47 Å². The molecule has 1 aromatic carbocycles. The monoisotopic (exact) mass is 256 g/mol. The molecule has 2 heterocycles. The van der Waals surface area contributed by atoms with E-state index < -0.39 is 0 Å². The molecule has 0 amide bonds. The van der Waals surface area contributed by atoms with Gasteiger partial charge in [-0.15, -0.1) is 0 Å². The Balaban J connectivity index is 1.93. The Kier molecular flexibility index (Phi) is 3.30. The fourth-order valence-electron chi connectivity index (χ4n) is 2.84. The third kappa shape index (κ3) is 2.26. The Morgan fingerprint density at radius 1 is 1.16 bits per heavy atom. The van der Waals surface area contributed by atoms with Crippen LogP contribution in [0.2, 0.25) is 0 Å². The molecule has 2 aromatic rings. The highest BCUT2D eigenvalue weighted by molar-refractivity contribution is 5.34. The summed E-state index contributed by atoms with van der Waals surface area (Å²) in [5.74, 6) is 0.945. The molecule has 0 saturated carbocycles. The molecule has 1 atom stereocenters. The molecule has 3 rings (SSSR count). The average Bonchev–Trinajstić information content (AvgIpc) is 2.88. The van der Waals surface area contributed by atoms with Gasteiger partial charge in [-0.2, -0.15) is 0 Å². The number of benzene rings is 1. The van der Waals surface area contributed by atoms with E-state index in [9.17, 15) is 0 Å². The van der Waals surface area contributed by atoms with Crippen molar-refractivity contribution in [3.8, 4) is 5.75 Å². The van der Waals surface area contributed by atoms with Crippen molar-refractivity contribution in [1.29, 1.82) is 0 Å². The van der Waals surface area contributed by atoms with Crippen molar-refractivity contribution in [2.75, 3.05) is 20.2 Å². The van der Waals surface area contributed by atoms with Crippen molar-refractivity contribution in [2.45, 2.75) is 19.5 Å². The van der Waals surface area contributed by atoms with Crippen LogP contribution in [-0.2, 0) is 6.54 Å². The SMILES string of the molecule is CCOc1ccc(C2c3cccn3CCN2C)cc1. The average molecular weight is 256 g/mol. The van der Waals surface area contributed by atoms with Crippen LogP contribution in [0, 0.1) is 0 Å². The maximum atomic E-state index is 5.51. The first-order valence-corrected chi connectivity index (χ1v) is 6.87. The molecular weight excluding hydrogens is 236 g/mol. The van der Waals surface area contributed by atoms with Gasteiger partial charge < -0.3 is 9.30 Å². The molecule has 0 bridgehead atoms. The van der Waals surface area contributed by atoms with E-state index in [4.69, 9.17) is 4.74 Å². The van der Waals surface area contributed by atoms with Gasteiger partial charge in [0.05, 0.1) is 12.6 Å². The highest BCUT2D eigenvalue weighted by Gasteiger charge is 2.25. The smallest absolute Gasteiger partial charge is 0.119 e. The van der Waals surface area contributed by atoms with Crippen LogP contribution in [0.5, 0.6) is 5.75 Å². The van der Waals surface area contributed by atoms with Crippen LogP contribution in [0.15, 0.2) is 42.6 Å². The second-order valence-electron chi connectivity index (χ2n) is 5.01. The molecule has 0 spiro atoms. The summed E-state index contributed by atoms with van der Waals surface area (Å²) in [5, 5.41) is 0. The van der Waals surface area contributed by atoms with Gasteiger partial charge in [-0.1, -0.05) is 12.1 Å². The summed E-state index contributed by atoms with van der Waals surface area (Å²) in [7, 11) is 2.19. The highest BCUT2D eigenvalue weighted by Crippen LogP contribution is 2.31. The number of hydrogen-bond acceptors (Lipinski definition) is 2. The summed E-state index contributed by atoms with van der Waals surface area (Å²) in [4.78, 5) is 2.41. The Bertz CT molecular complexity index is 544. The third-order valence-electron chi connectivity index (χ3n) is 3.79.